The Bertz CT molecular complexity index is 1320. The number of hydrogen-bond donors (Lipinski definition) is 3. The SMILES string of the molecule is COc1ccc2ncc(CN)c([C@H](O)CCC3(CO)CCN(CC#Cc4cc(F)c(F)c(F)c4)CC3)c2c1. The summed E-state index contributed by atoms with van der Waals surface area (Å²) in [6, 6.07) is 7.28. The van der Waals surface area contributed by atoms with Gasteiger partial charge in [-0.1, -0.05) is 11.8 Å². The Balaban J connectivity index is 1.39. The summed E-state index contributed by atoms with van der Waals surface area (Å²) in [7, 11) is 1.59. The molecule has 1 saturated heterocycles. The van der Waals surface area contributed by atoms with Crippen molar-refractivity contribution in [2.75, 3.05) is 33.4 Å². The molecule has 3 aromatic rings. The number of hydrogen-bond acceptors (Lipinski definition) is 6. The van der Waals surface area contributed by atoms with Gasteiger partial charge in [0.25, 0.3) is 0 Å². The van der Waals surface area contributed by atoms with Crippen LogP contribution in [0.2, 0.25) is 0 Å². The van der Waals surface area contributed by atoms with Crippen molar-refractivity contribution in [2.45, 2.75) is 38.3 Å². The lowest BCUT2D eigenvalue weighted by Gasteiger charge is -2.40. The van der Waals surface area contributed by atoms with Gasteiger partial charge in [-0.05, 0) is 85.6 Å². The van der Waals surface area contributed by atoms with Gasteiger partial charge in [-0.3, -0.25) is 9.88 Å². The van der Waals surface area contributed by atoms with Crippen LogP contribution in [0.3, 0.4) is 0 Å². The molecule has 2 aromatic carbocycles. The highest BCUT2D eigenvalue weighted by Crippen LogP contribution is 2.39. The number of nitrogens with zero attached hydrogens (tertiary/aromatic N) is 2. The van der Waals surface area contributed by atoms with Crippen molar-refractivity contribution in [1.82, 2.24) is 9.88 Å². The lowest BCUT2D eigenvalue weighted by molar-refractivity contribution is 0.0272. The first kappa shape index (κ1) is 27.9. The number of methoxy groups -OCH3 is 1. The van der Waals surface area contributed by atoms with Crippen molar-refractivity contribution in [3.05, 3.63) is 70.7 Å². The smallest absolute Gasteiger partial charge is 0.194 e. The molecule has 0 aliphatic carbocycles. The predicted octanol–water partition coefficient (Wildman–Crippen LogP) is 4.06. The molecule has 4 rings (SSSR count). The molecule has 2 heterocycles. The van der Waals surface area contributed by atoms with Crippen LogP contribution in [0.1, 0.15) is 48.5 Å². The highest BCUT2D eigenvalue weighted by Gasteiger charge is 2.34. The summed E-state index contributed by atoms with van der Waals surface area (Å²) in [5, 5.41) is 22.3. The zero-order chi connectivity index (χ0) is 27.3. The summed E-state index contributed by atoms with van der Waals surface area (Å²) < 4.78 is 45.3. The Morgan fingerprint density at radius 3 is 2.50 bits per heavy atom. The Kier molecular flexibility index (Phi) is 8.90. The maximum absolute atomic E-state index is 13.4. The Hall–Kier alpha value is -3.16. The number of halogens is 3. The van der Waals surface area contributed by atoms with Gasteiger partial charge in [-0.25, -0.2) is 13.2 Å². The number of pyridine rings is 1. The van der Waals surface area contributed by atoms with Gasteiger partial charge in [0.15, 0.2) is 17.5 Å². The van der Waals surface area contributed by atoms with E-state index in [1.807, 2.05) is 18.2 Å². The molecule has 6 nitrogen and oxygen atoms in total. The number of rotatable bonds is 8. The third-order valence-electron chi connectivity index (χ3n) is 7.47. The van der Waals surface area contributed by atoms with Crippen LogP contribution in [0.5, 0.6) is 5.75 Å². The van der Waals surface area contributed by atoms with Crippen molar-refractivity contribution < 1.29 is 28.1 Å². The average Bonchev–Trinajstić information content (AvgIpc) is 2.94. The zero-order valence-corrected chi connectivity index (χ0v) is 21.3. The van der Waals surface area contributed by atoms with Crippen LogP contribution in [0, 0.1) is 34.7 Å². The number of aliphatic hydroxyl groups is 2. The molecule has 0 saturated carbocycles. The average molecular weight is 528 g/mol. The van der Waals surface area contributed by atoms with Gasteiger partial charge < -0.3 is 20.7 Å². The van der Waals surface area contributed by atoms with Gasteiger partial charge in [0.1, 0.15) is 5.75 Å². The second-order valence-electron chi connectivity index (χ2n) is 9.83. The summed E-state index contributed by atoms with van der Waals surface area (Å²) in [5.74, 6) is 2.20. The third-order valence-corrected chi connectivity index (χ3v) is 7.47. The highest BCUT2D eigenvalue weighted by molar-refractivity contribution is 5.85. The third kappa shape index (κ3) is 6.11. The molecule has 0 unspecified atom stereocenters. The van der Waals surface area contributed by atoms with E-state index in [0.717, 1.165) is 34.2 Å². The van der Waals surface area contributed by atoms with Gasteiger partial charge in [0, 0.05) is 30.3 Å². The number of ether oxygens (including phenoxy) is 1. The molecular weight excluding hydrogens is 495 g/mol. The van der Waals surface area contributed by atoms with E-state index in [0.29, 0.717) is 51.1 Å². The number of fused-ring (bicyclic) bond motifs is 1. The first-order valence-electron chi connectivity index (χ1n) is 12.6. The molecule has 1 aliphatic rings. The van der Waals surface area contributed by atoms with Crippen molar-refractivity contribution in [2.24, 2.45) is 11.1 Å². The van der Waals surface area contributed by atoms with Gasteiger partial charge >= 0.3 is 0 Å². The summed E-state index contributed by atoms with van der Waals surface area (Å²) in [5.41, 5.74) is 7.96. The Morgan fingerprint density at radius 1 is 1.16 bits per heavy atom. The summed E-state index contributed by atoms with van der Waals surface area (Å²) in [6.07, 6.45) is 3.42. The van der Waals surface area contributed by atoms with E-state index in [1.165, 1.54) is 0 Å². The molecule has 1 aromatic heterocycles. The van der Waals surface area contributed by atoms with Crippen molar-refractivity contribution in [3.63, 3.8) is 0 Å². The fourth-order valence-electron chi connectivity index (χ4n) is 5.06. The second kappa shape index (κ2) is 12.1. The largest absolute Gasteiger partial charge is 0.497 e. The minimum absolute atomic E-state index is 0.00202. The quantitative estimate of drug-likeness (QED) is 0.302. The molecule has 38 heavy (non-hydrogen) atoms. The fourth-order valence-corrected chi connectivity index (χ4v) is 5.06. The molecule has 0 spiro atoms. The van der Waals surface area contributed by atoms with Crippen LogP contribution in [0.4, 0.5) is 13.2 Å². The summed E-state index contributed by atoms with van der Waals surface area (Å²) >= 11 is 0. The molecule has 1 atom stereocenters. The lowest BCUT2D eigenvalue weighted by atomic mass is 9.74. The Morgan fingerprint density at radius 2 is 1.87 bits per heavy atom. The van der Waals surface area contributed by atoms with Crippen molar-refractivity contribution >= 4 is 10.9 Å². The molecule has 1 aliphatic heterocycles. The normalized spacial score (nSPS) is 16.2. The van der Waals surface area contributed by atoms with Crippen LogP contribution in [-0.2, 0) is 6.54 Å². The number of benzene rings is 2. The van der Waals surface area contributed by atoms with Gasteiger partial charge in [-0.15, -0.1) is 0 Å². The summed E-state index contributed by atoms with van der Waals surface area (Å²) in [4.78, 5) is 6.56. The van der Waals surface area contributed by atoms with Crippen LogP contribution in [0.25, 0.3) is 10.9 Å². The van der Waals surface area contributed by atoms with Gasteiger partial charge in [-0.2, -0.15) is 0 Å². The predicted molar refractivity (Wildman–Crippen MR) is 139 cm³/mol. The molecule has 9 heteroatoms. The van der Waals surface area contributed by atoms with Crippen LogP contribution in [-0.4, -0.2) is 53.4 Å². The van der Waals surface area contributed by atoms with Gasteiger partial charge in [0.2, 0.25) is 0 Å². The number of aromatic nitrogens is 1. The molecule has 1 fully saturated rings. The molecule has 0 bridgehead atoms. The first-order chi connectivity index (χ1) is 18.3. The van der Waals surface area contributed by atoms with Crippen LogP contribution >= 0.6 is 0 Å². The maximum atomic E-state index is 13.4. The minimum Gasteiger partial charge on any atom is -0.497 e. The van der Waals surface area contributed by atoms with E-state index >= 15 is 0 Å². The standard InChI is InChI=1S/C29H32F3N3O3/c1-38-21-4-5-25-22(15-21)27(20(16-33)17-34-25)26(37)6-7-29(18-36)8-11-35(12-9-29)10-2-3-19-13-23(30)28(32)24(31)14-19/h4-5,13-15,17,26,36-37H,6-12,16,18,33H2,1H3/t26-/m1/s1. The topological polar surface area (TPSA) is 91.8 Å². The Labute approximate surface area is 220 Å². The van der Waals surface area contributed by atoms with Gasteiger partial charge in [0.05, 0.1) is 25.3 Å². The van der Waals surface area contributed by atoms with E-state index in [2.05, 4.69) is 21.7 Å². The zero-order valence-electron chi connectivity index (χ0n) is 21.3. The summed E-state index contributed by atoms with van der Waals surface area (Å²) in [6.45, 7) is 1.99. The lowest BCUT2D eigenvalue weighted by Crippen LogP contribution is -2.42. The molecule has 4 N–H and O–H groups in total. The monoisotopic (exact) mass is 527 g/mol. The van der Waals surface area contributed by atoms with Crippen LogP contribution < -0.4 is 10.5 Å². The van der Waals surface area contributed by atoms with E-state index < -0.39 is 23.6 Å². The maximum Gasteiger partial charge on any atom is 0.194 e. The second-order valence-corrected chi connectivity index (χ2v) is 9.83. The molecule has 202 valence electrons. The van der Waals surface area contributed by atoms with E-state index in [1.54, 1.807) is 13.3 Å². The minimum atomic E-state index is -1.51. The fraction of sp³-hybridized carbons (Fsp3) is 0.414. The number of nitrogens with two attached hydrogens (primary N) is 1. The number of piperidine rings is 1. The number of likely N-dealkylation sites (tertiary alicyclic amines) is 1. The van der Waals surface area contributed by atoms with Crippen molar-refractivity contribution in [3.8, 4) is 17.6 Å². The molecular formula is C29H32F3N3O3. The van der Waals surface area contributed by atoms with E-state index in [4.69, 9.17) is 10.5 Å². The molecule has 0 radical (unpaired) electrons. The number of aliphatic hydroxyl groups excluding tert-OH is 2. The van der Waals surface area contributed by atoms with Crippen LogP contribution in [0.15, 0.2) is 36.5 Å². The van der Waals surface area contributed by atoms with E-state index in [9.17, 15) is 23.4 Å². The highest BCUT2D eigenvalue weighted by atomic mass is 19.2. The van der Waals surface area contributed by atoms with Crippen molar-refractivity contribution in [1.29, 1.82) is 0 Å². The first-order valence-corrected chi connectivity index (χ1v) is 12.6. The van der Waals surface area contributed by atoms with E-state index in [-0.39, 0.29) is 24.1 Å². The molecule has 0 amide bonds.